The standard InChI is InChI=1S/C11H11F3N2O/c1-2-16-9-5-7(11(12,13)14)3-4-8(9)15-6-10(16)17/h3-5,15H,2,6H2,1H3. The Bertz CT molecular complexity index is 457. The van der Waals surface area contributed by atoms with Crippen LogP contribution in [-0.4, -0.2) is 19.0 Å². The summed E-state index contributed by atoms with van der Waals surface area (Å²) in [5.41, 5.74) is 0.101. The van der Waals surface area contributed by atoms with Crippen molar-refractivity contribution < 1.29 is 18.0 Å². The molecule has 1 amide bonds. The van der Waals surface area contributed by atoms with Crippen LogP contribution in [0.4, 0.5) is 24.5 Å². The molecule has 1 heterocycles. The predicted molar refractivity (Wildman–Crippen MR) is 58.0 cm³/mol. The first kappa shape index (κ1) is 11.8. The average Bonchev–Trinajstić information content (AvgIpc) is 2.27. The Morgan fingerprint density at radius 2 is 2.12 bits per heavy atom. The molecule has 0 unspecified atom stereocenters. The van der Waals surface area contributed by atoms with E-state index >= 15 is 0 Å². The minimum Gasteiger partial charge on any atom is -0.374 e. The molecule has 1 N–H and O–H groups in total. The lowest BCUT2D eigenvalue weighted by Gasteiger charge is -2.29. The molecule has 0 atom stereocenters. The van der Waals surface area contributed by atoms with Gasteiger partial charge in [-0.25, -0.2) is 0 Å². The van der Waals surface area contributed by atoms with E-state index < -0.39 is 11.7 Å². The second-order valence-electron chi connectivity index (χ2n) is 3.72. The topological polar surface area (TPSA) is 32.3 Å². The fourth-order valence-corrected chi connectivity index (χ4v) is 1.83. The molecule has 0 saturated carbocycles. The van der Waals surface area contributed by atoms with Crippen LogP contribution in [0.25, 0.3) is 0 Å². The molecule has 6 heteroatoms. The molecule has 1 aromatic carbocycles. The summed E-state index contributed by atoms with van der Waals surface area (Å²) in [6.07, 6.45) is -4.39. The van der Waals surface area contributed by atoms with Gasteiger partial charge in [0.15, 0.2) is 0 Å². The number of carbonyl (C=O) groups excluding carboxylic acids is 1. The van der Waals surface area contributed by atoms with Gasteiger partial charge in [-0.1, -0.05) is 0 Å². The fraction of sp³-hybridized carbons (Fsp3) is 0.364. The van der Waals surface area contributed by atoms with Crippen LogP contribution in [-0.2, 0) is 11.0 Å². The van der Waals surface area contributed by atoms with E-state index in [1.54, 1.807) is 6.92 Å². The molecule has 1 aromatic rings. The molecule has 0 aliphatic carbocycles. The summed E-state index contributed by atoms with van der Waals surface area (Å²) in [6, 6.07) is 3.37. The highest BCUT2D eigenvalue weighted by molar-refractivity contribution is 6.02. The van der Waals surface area contributed by atoms with E-state index in [1.165, 1.54) is 11.0 Å². The molecule has 0 radical (unpaired) electrons. The monoisotopic (exact) mass is 244 g/mol. The average molecular weight is 244 g/mol. The van der Waals surface area contributed by atoms with Crippen molar-refractivity contribution in [1.82, 2.24) is 0 Å². The number of alkyl halides is 3. The maximum absolute atomic E-state index is 12.6. The molecule has 0 saturated heterocycles. The van der Waals surface area contributed by atoms with Gasteiger partial charge in [-0.3, -0.25) is 4.79 Å². The molecule has 17 heavy (non-hydrogen) atoms. The zero-order valence-electron chi connectivity index (χ0n) is 9.14. The summed E-state index contributed by atoms with van der Waals surface area (Å²) in [7, 11) is 0. The summed E-state index contributed by atoms with van der Waals surface area (Å²) in [4.78, 5) is 12.9. The predicted octanol–water partition coefficient (Wildman–Crippen LogP) is 2.48. The summed E-state index contributed by atoms with van der Waals surface area (Å²) >= 11 is 0. The maximum atomic E-state index is 12.6. The second kappa shape index (κ2) is 3.94. The summed E-state index contributed by atoms with van der Waals surface area (Å²) < 4.78 is 37.7. The smallest absolute Gasteiger partial charge is 0.374 e. The van der Waals surface area contributed by atoms with Crippen molar-refractivity contribution in [3.63, 3.8) is 0 Å². The zero-order valence-corrected chi connectivity index (χ0v) is 9.14. The lowest BCUT2D eigenvalue weighted by molar-refractivity contribution is -0.137. The number of halogens is 3. The van der Waals surface area contributed by atoms with Gasteiger partial charge < -0.3 is 10.2 Å². The first-order valence-electron chi connectivity index (χ1n) is 5.19. The highest BCUT2D eigenvalue weighted by Gasteiger charge is 2.33. The molecule has 0 bridgehead atoms. The minimum atomic E-state index is -4.39. The first-order chi connectivity index (χ1) is 7.93. The van der Waals surface area contributed by atoms with Gasteiger partial charge in [0.05, 0.1) is 23.5 Å². The second-order valence-corrected chi connectivity index (χ2v) is 3.72. The fourth-order valence-electron chi connectivity index (χ4n) is 1.83. The van der Waals surface area contributed by atoms with Crippen LogP contribution in [0.3, 0.4) is 0 Å². The van der Waals surface area contributed by atoms with Crippen molar-refractivity contribution in [2.75, 3.05) is 23.3 Å². The maximum Gasteiger partial charge on any atom is 0.416 e. The highest BCUT2D eigenvalue weighted by Crippen LogP contribution is 2.36. The number of nitrogens with one attached hydrogen (secondary N) is 1. The third kappa shape index (κ3) is 2.07. The molecule has 3 nitrogen and oxygen atoms in total. The van der Waals surface area contributed by atoms with Crippen molar-refractivity contribution in [3.05, 3.63) is 23.8 Å². The van der Waals surface area contributed by atoms with Crippen LogP contribution in [0.1, 0.15) is 12.5 Å². The van der Waals surface area contributed by atoms with Gasteiger partial charge in [0.1, 0.15) is 0 Å². The third-order valence-corrected chi connectivity index (χ3v) is 2.66. The molecule has 0 spiro atoms. The highest BCUT2D eigenvalue weighted by atomic mass is 19.4. The number of amides is 1. The third-order valence-electron chi connectivity index (χ3n) is 2.66. The Morgan fingerprint density at radius 1 is 1.41 bits per heavy atom. The molecular weight excluding hydrogens is 233 g/mol. The Morgan fingerprint density at radius 3 is 2.71 bits per heavy atom. The van der Waals surface area contributed by atoms with Crippen LogP contribution in [0.15, 0.2) is 18.2 Å². The van der Waals surface area contributed by atoms with Crippen molar-refractivity contribution in [1.29, 1.82) is 0 Å². The van der Waals surface area contributed by atoms with E-state index in [0.717, 1.165) is 12.1 Å². The van der Waals surface area contributed by atoms with Gasteiger partial charge in [0.25, 0.3) is 0 Å². The van der Waals surface area contributed by atoms with Gasteiger partial charge in [-0.2, -0.15) is 13.2 Å². The summed E-state index contributed by atoms with van der Waals surface area (Å²) in [5.74, 6) is -0.223. The lowest BCUT2D eigenvalue weighted by atomic mass is 10.1. The van der Waals surface area contributed by atoms with E-state index in [2.05, 4.69) is 5.32 Å². The molecule has 1 aliphatic rings. The minimum absolute atomic E-state index is 0.117. The zero-order chi connectivity index (χ0) is 12.6. The number of carbonyl (C=O) groups is 1. The van der Waals surface area contributed by atoms with Gasteiger partial charge in [0, 0.05) is 6.54 Å². The van der Waals surface area contributed by atoms with E-state index in [9.17, 15) is 18.0 Å². The van der Waals surface area contributed by atoms with Crippen LogP contribution < -0.4 is 10.2 Å². The summed E-state index contributed by atoms with van der Waals surface area (Å²) in [6.45, 7) is 2.20. The molecule has 0 aromatic heterocycles. The number of likely N-dealkylation sites (N-methyl/N-ethyl adjacent to an activating group) is 1. The quantitative estimate of drug-likeness (QED) is 0.823. The molecule has 0 fully saturated rings. The molecule has 2 rings (SSSR count). The SMILES string of the molecule is CCN1C(=O)CNc2ccc(C(F)(F)F)cc21. The number of fused-ring (bicyclic) bond motifs is 1. The first-order valence-corrected chi connectivity index (χ1v) is 5.19. The molecule has 92 valence electrons. The molecule has 1 aliphatic heterocycles. The molecular formula is C11H11F3N2O. The number of rotatable bonds is 1. The van der Waals surface area contributed by atoms with Crippen molar-refractivity contribution >= 4 is 17.3 Å². The van der Waals surface area contributed by atoms with Crippen LogP contribution in [0, 0.1) is 0 Å². The van der Waals surface area contributed by atoms with Crippen molar-refractivity contribution in [2.24, 2.45) is 0 Å². The van der Waals surface area contributed by atoms with E-state index in [4.69, 9.17) is 0 Å². The van der Waals surface area contributed by atoms with Crippen molar-refractivity contribution in [3.8, 4) is 0 Å². The number of nitrogens with zero attached hydrogens (tertiary/aromatic N) is 1. The van der Waals surface area contributed by atoms with Crippen LogP contribution in [0.2, 0.25) is 0 Å². The Kier molecular flexibility index (Phi) is 2.73. The Balaban J connectivity index is 2.49. The van der Waals surface area contributed by atoms with Gasteiger partial charge in [-0.15, -0.1) is 0 Å². The van der Waals surface area contributed by atoms with Crippen LogP contribution in [0.5, 0.6) is 0 Å². The Labute approximate surface area is 96.2 Å². The van der Waals surface area contributed by atoms with E-state index in [1.807, 2.05) is 0 Å². The largest absolute Gasteiger partial charge is 0.416 e. The van der Waals surface area contributed by atoms with E-state index in [-0.39, 0.29) is 12.5 Å². The number of hydrogen-bond acceptors (Lipinski definition) is 2. The van der Waals surface area contributed by atoms with E-state index in [0.29, 0.717) is 17.9 Å². The number of benzene rings is 1. The number of anilines is 2. The van der Waals surface area contributed by atoms with Crippen molar-refractivity contribution in [2.45, 2.75) is 13.1 Å². The van der Waals surface area contributed by atoms with Crippen LogP contribution >= 0.6 is 0 Å². The number of hydrogen-bond donors (Lipinski definition) is 1. The van der Waals surface area contributed by atoms with Gasteiger partial charge in [-0.05, 0) is 25.1 Å². The van der Waals surface area contributed by atoms with Gasteiger partial charge >= 0.3 is 6.18 Å². The summed E-state index contributed by atoms with van der Waals surface area (Å²) in [5, 5.41) is 2.80. The normalized spacial score (nSPS) is 15.5. The lowest BCUT2D eigenvalue weighted by Crippen LogP contribution is -2.39. The Hall–Kier alpha value is -1.72. The van der Waals surface area contributed by atoms with Gasteiger partial charge in [0.2, 0.25) is 5.91 Å².